The first-order valence-corrected chi connectivity index (χ1v) is 11.6. The van der Waals surface area contributed by atoms with Crippen LogP contribution in [0.15, 0.2) is 24.3 Å². The Morgan fingerprint density at radius 3 is 2.57 bits per heavy atom. The predicted octanol–water partition coefficient (Wildman–Crippen LogP) is 1.36. The van der Waals surface area contributed by atoms with Gasteiger partial charge in [0.05, 0.1) is 11.8 Å². The summed E-state index contributed by atoms with van der Waals surface area (Å²) in [4.78, 5) is 15.1. The number of nitrogens with one attached hydrogen (secondary N) is 2. The van der Waals surface area contributed by atoms with Crippen LogP contribution in [0.1, 0.15) is 43.2 Å². The molecule has 0 bridgehead atoms. The Morgan fingerprint density at radius 1 is 1.25 bits per heavy atom. The molecule has 8 nitrogen and oxygen atoms in total. The van der Waals surface area contributed by atoms with Crippen LogP contribution in [-0.4, -0.2) is 67.5 Å². The number of piperidine rings is 1. The highest BCUT2D eigenvalue weighted by atomic mass is 32.2. The monoisotopic (exact) mass is 407 g/mol. The number of para-hydroxylation sites is 1. The Morgan fingerprint density at radius 2 is 1.93 bits per heavy atom. The quantitative estimate of drug-likeness (QED) is 0.722. The molecule has 2 aromatic rings. The smallest absolute Gasteiger partial charge is 0.272 e. The molecule has 9 heteroatoms. The van der Waals surface area contributed by atoms with E-state index in [4.69, 9.17) is 0 Å². The van der Waals surface area contributed by atoms with Gasteiger partial charge in [0.15, 0.2) is 5.69 Å². The first-order valence-electron chi connectivity index (χ1n) is 9.69. The maximum atomic E-state index is 12.8. The second kappa shape index (κ2) is 8.59. The van der Waals surface area contributed by atoms with Crippen LogP contribution < -0.4 is 10.0 Å². The van der Waals surface area contributed by atoms with E-state index in [1.54, 1.807) is 0 Å². The van der Waals surface area contributed by atoms with Crippen LogP contribution in [0.4, 0.5) is 0 Å². The minimum Gasteiger partial charge on any atom is -0.348 e. The summed E-state index contributed by atoms with van der Waals surface area (Å²) in [5, 5.41) is 8.56. The number of sulfonamides is 1. The number of hydrogen-bond acceptors (Lipinski definition) is 5. The van der Waals surface area contributed by atoms with Crippen molar-refractivity contribution in [2.45, 2.75) is 38.8 Å². The molecule has 1 fully saturated rings. The zero-order chi connectivity index (χ0) is 20.3. The van der Waals surface area contributed by atoms with E-state index in [1.165, 1.54) is 6.26 Å². The van der Waals surface area contributed by atoms with Gasteiger partial charge >= 0.3 is 0 Å². The van der Waals surface area contributed by atoms with Crippen LogP contribution >= 0.6 is 0 Å². The van der Waals surface area contributed by atoms with Crippen LogP contribution in [0.5, 0.6) is 0 Å². The number of hydrogen-bond donors (Lipinski definition) is 2. The molecule has 1 amide bonds. The fraction of sp³-hybridized carbons (Fsp3) is 0.579. The van der Waals surface area contributed by atoms with Crippen LogP contribution in [-0.2, 0) is 10.0 Å². The van der Waals surface area contributed by atoms with Crippen LogP contribution in [0, 0.1) is 0 Å². The van der Waals surface area contributed by atoms with Crippen molar-refractivity contribution in [3.05, 3.63) is 30.0 Å². The van der Waals surface area contributed by atoms with Crippen LogP contribution in [0.3, 0.4) is 0 Å². The predicted molar refractivity (Wildman–Crippen MR) is 110 cm³/mol. The molecule has 1 aliphatic rings. The molecule has 0 unspecified atom stereocenters. The lowest BCUT2D eigenvalue weighted by Crippen LogP contribution is -2.46. The highest BCUT2D eigenvalue weighted by Crippen LogP contribution is 2.22. The molecule has 28 heavy (non-hydrogen) atoms. The molecule has 0 aliphatic carbocycles. The van der Waals surface area contributed by atoms with E-state index in [9.17, 15) is 13.2 Å². The molecule has 1 saturated heterocycles. The van der Waals surface area contributed by atoms with Gasteiger partial charge in [-0.1, -0.05) is 18.2 Å². The molecular weight excluding hydrogens is 378 g/mol. The summed E-state index contributed by atoms with van der Waals surface area (Å²) in [7, 11) is -3.15. The summed E-state index contributed by atoms with van der Waals surface area (Å²) in [6, 6.07) is 8.09. The lowest BCUT2D eigenvalue weighted by atomic mass is 10.0. The lowest BCUT2D eigenvalue weighted by molar-refractivity contribution is 0.0907. The fourth-order valence-electron chi connectivity index (χ4n) is 3.59. The van der Waals surface area contributed by atoms with Crippen molar-refractivity contribution in [3.63, 3.8) is 0 Å². The summed E-state index contributed by atoms with van der Waals surface area (Å²) in [6.07, 6.45) is 2.85. The number of aromatic nitrogens is 2. The number of carbonyl (C=O) groups is 1. The summed E-state index contributed by atoms with van der Waals surface area (Å²) in [5.74, 6) is -0.132. The lowest BCUT2D eigenvalue weighted by Gasteiger charge is -2.32. The van der Waals surface area contributed by atoms with Crippen molar-refractivity contribution in [2.24, 2.45) is 0 Å². The third-order valence-corrected chi connectivity index (χ3v) is 5.76. The Balaban J connectivity index is 1.57. The van der Waals surface area contributed by atoms with Gasteiger partial charge in [0.1, 0.15) is 0 Å². The Kier molecular flexibility index (Phi) is 6.36. The first-order chi connectivity index (χ1) is 13.2. The molecule has 0 radical (unpaired) electrons. The van der Waals surface area contributed by atoms with Gasteiger partial charge < -0.3 is 10.2 Å². The molecular formula is C19H29N5O3S. The molecule has 1 aliphatic heterocycles. The van der Waals surface area contributed by atoms with Gasteiger partial charge in [-0.3, -0.25) is 9.48 Å². The van der Waals surface area contributed by atoms with Gasteiger partial charge in [-0.15, -0.1) is 0 Å². The van der Waals surface area contributed by atoms with Crippen LogP contribution in [0.2, 0.25) is 0 Å². The van der Waals surface area contributed by atoms with Gasteiger partial charge in [-0.2, -0.15) is 5.10 Å². The standard InChI is InChI=1S/C19H29N5O3S/c1-14(2)24-17-7-5-4-6-16(17)18(22-24)19(25)21-15-8-11-23(12-9-15)13-10-20-28(3,26)27/h4-7,14-15,20H,8-13H2,1-3H3,(H,21,25). The van der Waals surface area contributed by atoms with E-state index in [0.29, 0.717) is 18.8 Å². The third kappa shape index (κ3) is 5.09. The Bertz CT molecular complexity index is 930. The van der Waals surface area contributed by atoms with Gasteiger partial charge in [-0.05, 0) is 32.8 Å². The summed E-state index contributed by atoms with van der Waals surface area (Å²) in [6.45, 7) is 6.85. The van der Waals surface area contributed by atoms with Crippen molar-refractivity contribution >= 4 is 26.8 Å². The maximum Gasteiger partial charge on any atom is 0.272 e. The van der Waals surface area contributed by atoms with Crippen molar-refractivity contribution in [2.75, 3.05) is 32.4 Å². The Hall–Kier alpha value is -1.97. The molecule has 154 valence electrons. The number of benzene rings is 1. The van der Waals surface area contributed by atoms with E-state index in [0.717, 1.165) is 36.8 Å². The molecule has 0 spiro atoms. The maximum absolute atomic E-state index is 12.8. The molecule has 0 saturated carbocycles. The highest BCUT2D eigenvalue weighted by molar-refractivity contribution is 7.88. The fourth-order valence-corrected chi connectivity index (χ4v) is 4.06. The molecule has 0 atom stereocenters. The number of fused-ring (bicyclic) bond motifs is 1. The van der Waals surface area contributed by atoms with Crippen molar-refractivity contribution in [3.8, 4) is 0 Å². The molecule has 1 aromatic heterocycles. The normalized spacial score (nSPS) is 16.7. The number of amides is 1. The van der Waals surface area contributed by atoms with Gasteiger partial charge in [-0.25, -0.2) is 13.1 Å². The average molecular weight is 408 g/mol. The van der Waals surface area contributed by atoms with Gasteiger partial charge in [0, 0.05) is 43.6 Å². The first kappa shape index (κ1) is 20.8. The van der Waals surface area contributed by atoms with Crippen molar-refractivity contribution < 1.29 is 13.2 Å². The molecule has 2 heterocycles. The SMILES string of the molecule is CC(C)n1nc(C(=O)NC2CCN(CCNS(C)(=O)=O)CC2)c2ccccc21. The largest absolute Gasteiger partial charge is 0.348 e. The average Bonchev–Trinajstić information content (AvgIpc) is 3.02. The number of nitrogens with zero attached hydrogens (tertiary/aromatic N) is 3. The summed E-state index contributed by atoms with van der Waals surface area (Å²) in [5.41, 5.74) is 1.44. The van der Waals surface area contributed by atoms with Crippen molar-refractivity contribution in [1.29, 1.82) is 0 Å². The Labute approximate surface area is 166 Å². The van der Waals surface area contributed by atoms with Gasteiger partial charge in [0.25, 0.3) is 5.91 Å². The minimum atomic E-state index is -3.15. The third-order valence-electron chi connectivity index (χ3n) is 5.03. The minimum absolute atomic E-state index is 0.106. The van der Waals surface area contributed by atoms with Crippen LogP contribution in [0.25, 0.3) is 10.9 Å². The molecule has 1 aromatic carbocycles. The van der Waals surface area contributed by atoms with E-state index >= 15 is 0 Å². The second-order valence-corrected chi connectivity index (χ2v) is 9.49. The zero-order valence-electron chi connectivity index (χ0n) is 16.7. The topological polar surface area (TPSA) is 96.3 Å². The molecule has 2 N–H and O–H groups in total. The van der Waals surface area contributed by atoms with E-state index in [-0.39, 0.29) is 18.0 Å². The number of rotatable bonds is 7. The van der Waals surface area contributed by atoms with Crippen molar-refractivity contribution in [1.82, 2.24) is 24.7 Å². The zero-order valence-corrected chi connectivity index (χ0v) is 17.5. The second-order valence-electron chi connectivity index (χ2n) is 7.66. The summed E-state index contributed by atoms with van der Waals surface area (Å²) >= 11 is 0. The van der Waals surface area contributed by atoms with E-state index < -0.39 is 10.0 Å². The number of likely N-dealkylation sites (tertiary alicyclic amines) is 1. The number of carbonyl (C=O) groups excluding carboxylic acids is 1. The van der Waals surface area contributed by atoms with Gasteiger partial charge in [0.2, 0.25) is 10.0 Å². The summed E-state index contributed by atoms with van der Waals surface area (Å²) < 4.78 is 26.7. The van der Waals surface area contributed by atoms with E-state index in [1.807, 2.05) is 28.9 Å². The molecule has 3 rings (SSSR count). The highest BCUT2D eigenvalue weighted by Gasteiger charge is 2.24. The van der Waals surface area contributed by atoms with E-state index in [2.05, 4.69) is 33.9 Å².